The molecule has 1 saturated heterocycles. The molecule has 0 saturated carbocycles. The Hall–Kier alpha value is -2.42. The monoisotopic (exact) mass is 350 g/mol. The fourth-order valence-electron chi connectivity index (χ4n) is 2.80. The Labute approximate surface area is 139 Å². The van der Waals surface area contributed by atoms with Gasteiger partial charge in [-0.1, -0.05) is 6.07 Å². The van der Waals surface area contributed by atoms with E-state index in [4.69, 9.17) is 0 Å². The zero-order chi connectivity index (χ0) is 17.5. The lowest BCUT2D eigenvalue weighted by molar-refractivity contribution is -0.130. The minimum absolute atomic E-state index is 0.0195. The first kappa shape index (κ1) is 16.4. The average molecular weight is 350 g/mol. The van der Waals surface area contributed by atoms with Gasteiger partial charge in [0.2, 0.25) is 20.9 Å². The molecule has 1 aliphatic rings. The van der Waals surface area contributed by atoms with Gasteiger partial charge >= 0.3 is 0 Å². The number of rotatable bonds is 2. The number of carbonyl (C=O) groups is 2. The molecule has 0 aliphatic carbocycles. The second-order valence-corrected chi connectivity index (χ2v) is 7.68. The van der Waals surface area contributed by atoms with Gasteiger partial charge in [0, 0.05) is 45.6 Å². The first-order valence-electron chi connectivity index (χ1n) is 7.51. The number of fused-ring (bicyclic) bond motifs is 1. The van der Waals surface area contributed by atoms with Crippen LogP contribution >= 0.6 is 0 Å². The average Bonchev–Trinajstić information content (AvgIpc) is 2.94. The van der Waals surface area contributed by atoms with Crippen molar-refractivity contribution < 1.29 is 18.0 Å². The van der Waals surface area contributed by atoms with E-state index in [0.29, 0.717) is 31.7 Å². The van der Waals surface area contributed by atoms with Crippen molar-refractivity contribution in [3.63, 3.8) is 0 Å². The molecule has 2 aromatic rings. The summed E-state index contributed by atoms with van der Waals surface area (Å²) in [5.74, 6) is -0.342. The number of carbonyl (C=O) groups excluding carboxylic acids is 2. The van der Waals surface area contributed by atoms with Crippen LogP contribution in [0.4, 0.5) is 0 Å². The predicted molar refractivity (Wildman–Crippen MR) is 86.5 cm³/mol. The number of hydrogen-bond donors (Lipinski definition) is 0. The molecule has 128 valence electrons. The standard InChI is InChI=1S/C15H18N4O4S/c1-11(20)17-7-9-18(10-8-17)14(21)13-12-5-3-4-6-19(12)15(16-13)24(2,22)23/h3-6H,7-10H2,1-2H3. The molecule has 0 N–H and O–H groups in total. The summed E-state index contributed by atoms with van der Waals surface area (Å²) in [5.41, 5.74) is 0.573. The molecule has 0 atom stereocenters. The Balaban J connectivity index is 1.95. The number of piperazine rings is 1. The fourth-order valence-corrected chi connectivity index (χ4v) is 3.58. The lowest BCUT2D eigenvalue weighted by Gasteiger charge is -2.33. The molecule has 0 aromatic carbocycles. The molecule has 8 nitrogen and oxygen atoms in total. The highest BCUT2D eigenvalue weighted by Crippen LogP contribution is 2.19. The number of imidazole rings is 1. The van der Waals surface area contributed by atoms with Crippen LogP contribution in [0, 0.1) is 0 Å². The zero-order valence-corrected chi connectivity index (χ0v) is 14.3. The van der Waals surface area contributed by atoms with Crippen LogP contribution in [0.5, 0.6) is 0 Å². The van der Waals surface area contributed by atoms with Crippen molar-refractivity contribution in [2.24, 2.45) is 0 Å². The Kier molecular flexibility index (Phi) is 4.04. The van der Waals surface area contributed by atoms with Crippen molar-refractivity contribution in [3.8, 4) is 0 Å². The molecule has 24 heavy (non-hydrogen) atoms. The summed E-state index contributed by atoms with van der Waals surface area (Å²) < 4.78 is 25.3. The Morgan fingerprint density at radius 1 is 1.08 bits per heavy atom. The highest BCUT2D eigenvalue weighted by atomic mass is 32.2. The fraction of sp³-hybridized carbons (Fsp3) is 0.400. The smallest absolute Gasteiger partial charge is 0.274 e. The second kappa shape index (κ2) is 5.90. The summed E-state index contributed by atoms with van der Waals surface area (Å²) >= 11 is 0. The quantitative estimate of drug-likeness (QED) is 0.763. The van der Waals surface area contributed by atoms with Crippen LogP contribution < -0.4 is 0 Å². The van der Waals surface area contributed by atoms with E-state index in [0.717, 1.165) is 6.26 Å². The summed E-state index contributed by atoms with van der Waals surface area (Å²) in [6.45, 7) is 3.23. The maximum atomic E-state index is 12.8. The summed E-state index contributed by atoms with van der Waals surface area (Å²) in [6.07, 6.45) is 2.64. The molecule has 1 aliphatic heterocycles. The topological polar surface area (TPSA) is 92.1 Å². The lowest BCUT2D eigenvalue weighted by atomic mass is 10.2. The van der Waals surface area contributed by atoms with Crippen molar-refractivity contribution in [2.75, 3.05) is 32.4 Å². The number of pyridine rings is 1. The molecule has 3 heterocycles. The van der Waals surface area contributed by atoms with Crippen molar-refractivity contribution in [1.29, 1.82) is 0 Å². The van der Waals surface area contributed by atoms with Crippen LogP contribution in [0.3, 0.4) is 0 Å². The van der Waals surface area contributed by atoms with Gasteiger partial charge in [0.05, 0.1) is 5.52 Å². The lowest BCUT2D eigenvalue weighted by Crippen LogP contribution is -2.50. The van der Waals surface area contributed by atoms with Crippen LogP contribution in [0.1, 0.15) is 17.4 Å². The van der Waals surface area contributed by atoms with Crippen LogP contribution in [0.25, 0.3) is 5.52 Å². The van der Waals surface area contributed by atoms with E-state index < -0.39 is 9.84 Å². The molecule has 0 unspecified atom stereocenters. The third kappa shape index (κ3) is 2.86. The summed E-state index contributed by atoms with van der Waals surface area (Å²) in [6, 6.07) is 5.08. The van der Waals surface area contributed by atoms with Gasteiger partial charge < -0.3 is 9.80 Å². The van der Waals surface area contributed by atoms with E-state index >= 15 is 0 Å². The predicted octanol–water partition coefficient (Wildman–Crippen LogP) is 0.0421. The van der Waals surface area contributed by atoms with Gasteiger partial charge in [0.1, 0.15) is 0 Å². The summed E-state index contributed by atoms with van der Waals surface area (Å²) in [7, 11) is -3.56. The van der Waals surface area contributed by atoms with Crippen molar-refractivity contribution >= 4 is 27.2 Å². The van der Waals surface area contributed by atoms with E-state index in [2.05, 4.69) is 4.98 Å². The first-order chi connectivity index (χ1) is 11.3. The molecule has 2 aromatic heterocycles. The van der Waals surface area contributed by atoms with Crippen LogP contribution in [0.15, 0.2) is 29.6 Å². The molecule has 1 fully saturated rings. The maximum Gasteiger partial charge on any atom is 0.274 e. The van der Waals surface area contributed by atoms with Crippen LogP contribution in [-0.4, -0.2) is 71.9 Å². The van der Waals surface area contributed by atoms with Crippen molar-refractivity contribution in [1.82, 2.24) is 19.2 Å². The van der Waals surface area contributed by atoms with Gasteiger partial charge in [-0.05, 0) is 12.1 Å². The Morgan fingerprint density at radius 3 is 2.29 bits per heavy atom. The van der Waals surface area contributed by atoms with E-state index in [1.807, 2.05) is 0 Å². The molecular weight excluding hydrogens is 332 g/mol. The molecule has 0 spiro atoms. The maximum absolute atomic E-state index is 12.8. The van der Waals surface area contributed by atoms with Gasteiger partial charge in [-0.3, -0.25) is 14.0 Å². The molecule has 2 amide bonds. The van der Waals surface area contributed by atoms with Crippen LogP contribution in [0.2, 0.25) is 0 Å². The van der Waals surface area contributed by atoms with E-state index in [1.165, 1.54) is 11.3 Å². The van der Waals surface area contributed by atoms with Gasteiger partial charge in [0.25, 0.3) is 5.91 Å². The van der Waals surface area contributed by atoms with E-state index in [1.54, 1.807) is 34.2 Å². The van der Waals surface area contributed by atoms with Gasteiger partial charge in [-0.2, -0.15) is 0 Å². The molecular formula is C15H18N4O4S. The zero-order valence-electron chi connectivity index (χ0n) is 13.5. The van der Waals surface area contributed by atoms with Crippen molar-refractivity contribution in [2.45, 2.75) is 12.1 Å². The second-order valence-electron chi connectivity index (χ2n) is 5.77. The normalized spacial score (nSPS) is 15.8. The van der Waals surface area contributed by atoms with Gasteiger partial charge in [0.15, 0.2) is 5.69 Å². The largest absolute Gasteiger partial charge is 0.339 e. The summed E-state index contributed by atoms with van der Waals surface area (Å²) in [4.78, 5) is 31.5. The SMILES string of the molecule is CC(=O)N1CCN(C(=O)c2nc(S(C)(=O)=O)n3ccccc23)CC1. The first-order valence-corrected chi connectivity index (χ1v) is 9.40. The number of hydrogen-bond acceptors (Lipinski definition) is 5. The number of nitrogens with zero attached hydrogens (tertiary/aromatic N) is 4. The third-order valence-electron chi connectivity index (χ3n) is 4.06. The minimum Gasteiger partial charge on any atom is -0.339 e. The van der Waals surface area contributed by atoms with Gasteiger partial charge in [-0.15, -0.1) is 0 Å². The Morgan fingerprint density at radius 2 is 1.71 bits per heavy atom. The van der Waals surface area contributed by atoms with Gasteiger partial charge in [-0.25, -0.2) is 13.4 Å². The van der Waals surface area contributed by atoms with E-state index in [-0.39, 0.29) is 22.7 Å². The third-order valence-corrected chi connectivity index (χ3v) is 5.01. The number of amides is 2. The molecule has 0 bridgehead atoms. The highest BCUT2D eigenvalue weighted by molar-refractivity contribution is 7.90. The minimum atomic E-state index is -3.56. The molecule has 3 rings (SSSR count). The van der Waals surface area contributed by atoms with E-state index in [9.17, 15) is 18.0 Å². The number of aromatic nitrogens is 2. The highest BCUT2D eigenvalue weighted by Gasteiger charge is 2.28. The summed E-state index contributed by atoms with van der Waals surface area (Å²) in [5, 5.41) is -0.149. The molecule has 9 heteroatoms. The van der Waals surface area contributed by atoms with Crippen molar-refractivity contribution in [3.05, 3.63) is 30.1 Å². The molecule has 0 radical (unpaired) electrons. The Bertz CT molecular complexity index is 911. The van der Waals surface area contributed by atoms with Crippen LogP contribution in [-0.2, 0) is 14.6 Å². The number of sulfone groups is 1.